The van der Waals surface area contributed by atoms with Crippen LogP contribution in [0.3, 0.4) is 0 Å². The van der Waals surface area contributed by atoms with Gasteiger partial charge in [0, 0.05) is 28.8 Å². The zero-order valence-electron chi connectivity index (χ0n) is 20.8. The number of hydrogen-bond acceptors (Lipinski definition) is 4. The average Bonchev–Trinajstić information content (AvgIpc) is 3.51. The van der Waals surface area contributed by atoms with E-state index in [4.69, 9.17) is 4.42 Å². The lowest BCUT2D eigenvalue weighted by Gasteiger charge is -2.19. The smallest absolute Gasteiger partial charge is 0.374 e. The van der Waals surface area contributed by atoms with E-state index in [-0.39, 0.29) is 16.7 Å². The summed E-state index contributed by atoms with van der Waals surface area (Å²) >= 11 is 0. The number of aromatic carboxylic acids is 1. The summed E-state index contributed by atoms with van der Waals surface area (Å²) in [6.07, 6.45) is 3.16. The van der Waals surface area contributed by atoms with E-state index in [0.29, 0.717) is 27.8 Å². The van der Waals surface area contributed by atoms with E-state index < -0.39 is 29.3 Å². The summed E-state index contributed by atoms with van der Waals surface area (Å²) in [6, 6.07) is 15.5. The van der Waals surface area contributed by atoms with Gasteiger partial charge in [0.25, 0.3) is 5.91 Å². The molecule has 0 aliphatic rings. The van der Waals surface area contributed by atoms with Crippen molar-refractivity contribution >= 4 is 28.5 Å². The highest BCUT2D eigenvalue weighted by Gasteiger charge is 2.23. The highest BCUT2D eigenvalue weighted by atomic mass is 19.2. The number of carboxylic acid groups (broad SMARTS) is 1. The van der Waals surface area contributed by atoms with E-state index in [0.717, 1.165) is 17.7 Å². The third-order valence-corrected chi connectivity index (χ3v) is 6.22. The Bertz CT molecular complexity index is 1700. The summed E-state index contributed by atoms with van der Waals surface area (Å²) in [4.78, 5) is 25.0. The molecule has 0 spiro atoms. The lowest BCUT2D eigenvalue weighted by Crippen LogP contribution is -2.15. The van der Waals surface area contributed by atoms with Crippen LogP contribution in [-0.2, 0) is 5.41 Å². The molecule has 9 heteroatoms. The predicted octanol–water partition coefficient (Wildman–Crippen LogP) is 6.81. The van der Waals surface area contributed by atoms with Crippen molar-refractivity contribution in [3.63, 3.8) is 0 Å². The fraction of sp³-hybridized carbons (Fsp3) is 0.138. The number of amides is 1. The number of furan rings is 1. The second-order valence-electron chi connectivity index (χ2n) is 9.88. The standard InChI is InChI=1S/C29H23F2N3O4/c1-29(2,3)19-7-4-16(5-8-19)27(35)33-25-21-12-17(6-11-24(21)38-26(25)28(36)37)18-14-32-34(15-18)20-9-10-22(30)23(31)13-20/h4-15H,1-3H3,(H,33,35)(H,36,37). The van der Waals surface area contributed by atoms with Gasteiger partial charge in [-0.2, -0.15) is 5.10 Å². The number of carbonyl (C=O) groups excluding carboxylic acids is 1. The van der Waals surface area contributed by atoms with Crippen LogP contribution in [0.25, 0.3) is 27.8 Å². The molecular formula is C29H23F2N3O4. The minimum Gasteiger partial charge on any atom is -0.475 e. The minimum atomic E-state index is -1.33. The molecule has 0 aliphatic carbocycles. The second-order valence-corrected chi connectivity index (χ2v) is 9.88. The molecule has 0 unspecified atom stereocenters. The lowest BCUT2D eigenvalue weighted by molar-refractivity contribution is 0.0666. The lowest BCUT2D eigenvalue weighted by atomic mass is 9.87. The molecule has 38 heavy (non-hydrogen) atoms. The molecule has 1 amide bonds. The molecular weight excluding hydrogens is 492 g/mol. The molecule has 2 aromatic heterocycles. The zero-order valence-corrected chi connectivity index (χ0v) is 20.8. The molecule has 0 bridgehead atoms. The molecule has 0 radical (unpaired) electrons. The first-order valence-corrected chi connectivity index (χ1v) is 11.7. The van der Waals surface area contributed by atoms with E-state index >= 15 is 0 Å². The topological polar surface area (TPSA) is 97.4 Å². The van der Waals surface area contributed by atoms with Gasteiger partial charge >= 0.3 is 5.97 Å². The van der Waals surface area contributed by atoms with Gasteiger partial charge in [0.05, 0.1) is 11.9 Å². The number of aromatic nitrogens is 2. The van der Waals surface area contributed by atoms with Crippen LogP contribution < -0.4 is 5.32 Å². The van der Waals surface area contributed by atoms with Crippen LogP contribution in [0.1, 0.15) is 47.2 Å². The molecule has 7 nitrogen and oxygen atoms in total. The maximum absolute atomic E-state index is 13.7. The van der Waals surface area contributed by atoms with Crippen molar-refractivity contribution in [2.45, 2.75) is 26.2 Å². The van der Waals surface area contributed by atoms with E-state index in [1.54, 1.807) is 36.5 Å². The number of anilines is 1. The number of benzene rings is 3. The van der Waals surface area contributed by atoms with Crippen LogP contribution in [0, 0.1) is 11.6 Å². The summed E-state index contributed by atoms with van der Waals surface area (Å²) in [5.41, 5.74) is 3.26. The summed E-state index contributed by atoms with van der Waals surface area (Å²) in [5, 5.41) is 17.0. The summed E-state index contributed by atoms with van der Waals surface area (Å²) in [6.45, 7) is 6.20. The van der Waals surface area contributed by atoms with Crippen LogP contribution in [0.15, 0.2) is 77.5 Å². The molecule has 0 fully saturated rings. The van der Waals surface area contributed by atoms with Gasteiger partial charge in [0.15, 0.2) is 11.6 Å². The quantitative estimate of drug-likeness (QED) is 0.268. The van der Waals surface area contributed by atoms with E-state index in [9.17, 15) is 23.5 Å². The molecule has 0 saturated heterocycles. The molecule has 2 heterocycles. The Balaban J connectivity index is 1.50. The number of nitrogens with one attached hydrogen (secondary N) is 1. The van der Waals surface area contributed by atoms with Crippen molar-refractivity contribution in [1.82, 2.24) is 9.78 Å². The fourth-order valence-electron chi connectivity index (χ4n) is 4.10. The number of fused-ring (bicyclic) bond motifs is 1. The Labute approximate surface area is 216 Å². The number of carbonyl (C=O) groups is 2. The Morgan fingerprint density at radius 3 is 2.34 bits per heavy atom. The van der Waals surface area contributed by atoms with Crippen molar-refractivity contribution in [2.75, 3.05) is 5.32 Å². The second kappa shape index (κ2) is 9.26. The first-order chi connectivity index (χ1) is 18.0. The highest BCUT2D eigenvalue weighted by Crippen LogP contribution is 2.35. The summed E-state index contributed by atoms with van der Waals surface area (Å²) < 4.78 is 33.9. The Hall–Kier alpha value is -4.79. The highest BCUT2D eigenvalue weighted by molar-refractivity contribution is 6.13. The monoisotopic (exact) mass is 515 g/mol. The molecule has 3 aromatic carbocycles. The first-order valence-electron chi connectivity index (χ1n) is 11.7. The maximum atomic E-state index is 13.7. The van der Waals surface area contributed by atoms with Crippen molar-refractivity contribution in [3.8, 4) is 16.8 Å². The van der Waals surface area contributed by atoms with Crippen LogP contribution in [0.2, 0.25) is 0 Å². The third kappa shape index (κ3) is 4.66. The normalized spacial score (nSPS) is 11.6. The molecule has 0 atom stereocenters. The number of halogens is 2. The number of hydrogen-bond donors (Lipinski definition) is 2. The van der Waals surface area contributed by atoms with E-state index in [1.807, 2.05) is 12.1 Å². The van der Waals surface area contributed by atoms with Gasteiger partial charge in [-0.05, 0) is 52.9 Å². The van der Waals surface area contributed by atoms with Gasteiger partial charge in [0.2, 0.25) is 5.76 Å². The van der Waals surface area contributed by atoms with Crippen molar-refractivity contribution in [3.05, 3.63) is 102 Å². The maximum Gasteiger partial charge on any atom is 0.374 e. The van der Waals surface area contributed by atoms with Crippen molar-refractivity contribution in [1.29, 1.82) is 0 Å². The largest absolute Gasteiger partial charge is 0.475 e. The van der Waals surface area contributed by atoms with Crippen LogP contribution >= 0.6 is 0 Å². The van der Waals surface area contributed by atoms with E-state index in [2.05, 4.69) is 31.2 Å². The average molecular weight is 516 g/mol. The number of carboxylic acids is 1. The summed E-state index contributed by atoms with van der Waals surface area (Å²) in [7, 11) is 0. The third-order valence-electron chi connectivity index (χ3n) is 6.22. The van der Waals surface area contributed by atoms with Crippen molar-refractivity contribution < 1.29 is 27.9 Å². The van der Waals surface area contributed by atoms with Crippen LogP contribution in [-0.4, -0.2) is 26.8 Å². The van der Waals surface area contributed by atoms with Crippen molar-refractivity contribution in [2.24, 2.45) is 0 Å². The first kappa shape index (κ1) is 24.9. The van der Waals surface area contributed by atoms with Crippen LogP contribution in [0.5, 0.6) is 0 Å². The van der Waals surface area contributed by atoms with Gasteiger partial charge < -0.3 is 14.8 Å². The Morgan fingerprint density at radius 2 is 1.68 bits per heavy atom. The molecule has 5 aromatic rings. The predicted molar refractivity (Wildman–Crippen MR) is 139 cm³/mol. The SMILES string of the molecule is CC(C)(C)c1ccc(C(=O)Nc2c(C(=O)O)oc3ccc(-c4cnn(-c5ccc(F)c(F)c5)c4)cc23)cc1. The van der Waals surface area contributed by atoms with Gasteiger partial charge in [-0.25, -0.2) is 18.3 Å². The number of nitrogens with zero attached hydrogens (tertiary/aromatic N) is 2. The van der Waals surface area contributed by atoms with Gasteiger partial charge in [-0.1, -0.05) is 39.0 Å². The fourth-order valence-corrected chi connectivity index (χ4v) is 4.10. The molecule has 5 rings (SSSR count). The zero-order chi connectivity index (χ0) is 27.2. The molecule has 0 saturated carbocycles. The minimum absolute atomic E-state index is 0.0345. The van der Waals surface area contributed by atoms with E-state index in [1.165, 1.54) is 16.9 Å². The van der Waals surface area contributed by atoms with Gasteiger partial charge in [0.1, 0.15) is 11.3 Å². The summed E-state index contributed by atoms with van der Waals surface area (Å²) in [5.74, 6) is -4.15. The Kier molecular flexibility index (Phi) is 6.06. The molecule has 2 N–H and O–H groups in total. The van der Waals surface area contributed by atoms with Crippen LogP contribution in [0.4, 0.5) is 14.5 Å². The Morgan fingerprint density at radius 1 is 0.947 bits per heavy atom. The molecule has 192 valence electrons. The number of rotatable bonds is 5. The van der Waals surface area contributed by atoms with Gasteiger partial charge in [-0.15, -0.1) is 0 Å². The molecule has 0 aliphatic heterocycles. The van der Waals surface area contributed by atoms with Gasteiger partial charge in [-0.3, -0.25) is 4.79 Å².